The first-order valence-electron chi connectivity index (χ1n) is 2.24. The molecule has 0 rings (SSSR count). The van der Waals surface area contributed by atoms with Gasteiger partial charge in [0.1, 0.15) is 0 Å². The van der Waals surface area contributed by atoms with E-state index >= 15 is 0 Å². The molecule has 16 heteroatoms. The molecule has 0 aliphatic carbocycles. The van der Waals surface area contributed by atoms with Crippen molar-refractivity contribution in [2.45, 2.75) is 0 Å². The van der Waals surface area contributed by atoms with E-state index < -0.39 is 23.5 Å². The monoisotopic (exact) mass is 386 g/mol. The molecule has 16 heavy (non-hydrogen) atoms. The van der Waals surface area contributed by atoms with Crippen LogP contribution in [-0.4, -0.2) is 14.7 Å². The van der Waals surface area contributed by atoms with Crippen LogP contribution < -0.4 is 29.4 Å². The Balaban J connectivity index is -0.0000000655. The Morgan fingerprint density at radius 2 is 0.562 bits per heavy atom. The van der Waals surface area contributed by atoms with E-state index in [1.807, 2.05) is 0 Å². The van der Waals surface area contributed by atoms with E-state index in [0.717, 1.165) is 0 Å². The van der Waals surface area contributed by atoms with Gasteiger partial charge >= 0.3 is 21.1 Å². The smallest absolute Gasteiger partial charge is 0.790 e. The average Bonchev–Trinajstić information content (AvgIpc) is 1.41. The summed E-state index contributed by atoms with van der Waals surface area (Å²) in [6.07, 6.45) is 0. The predicted octanol–water partition coefficient (Wildman–Crippen LogP) is -6.58. The Morgan fingerprint density at radius 1 is 0.562 bits per heavy atom. The van der Waals surface area contributed by atoms with E-state index in [2.05, 4.69) is 0 Å². The third kappa shape index (κ3) is 2850. The van der Waals surface area contributed by atoms with Crippen LogP contribution in [0, 0.1) is 0 Å². The van der Waals surface area contributed by atoms with Gasteiger partial charge in [0.05, 0.1) is 23.5 Å². The summed E-state index contributed by atoms with van der Waals surface area (Å²) in [5, 5.41) is 0. The number of rotatable bonds is 0. The summed E-state index contributed by atoms with van der Waals surface area (Å²) in [4.78, 5) is 72.9. The predicted molar refractivity (Wildman–Crippen MR) is 29.5 cm³/mol. The Bertz CT molecular complexity index is 202. The van der Waals surface area contributed by atoms with E-state index in [-0.39, 0.29) is 21.1 Å². The van der Waals surface area contributed by atoms with Gasteiger partial charge in [-0.05, 0) is 0 Å². The van der Waals surface area contributed by atoms with E-state index in [1.165, 1.54) is 0 Å². The first-order chi connectivity index (χ1) is 6.00. The first kappa shape index (κ1) is 25.8. The molecule has 0 aromatic rings. The summed E-state index contributed by atoms with van der Waals surface area (Å²) in [6, 6.07) is 0. The third-order valence-electron chi connectivity index (χ3n) is 0. The van der Waals surface area contributed by atoms with Gasteiger partial charge in [-0.2, -0.15) is 0 Å². The van der Waals surface area contributed by atoms with E-state index in [4.69, 9.17) is 57.7 Å². The Labute approximate surface area is 103 Å². The molecule has 96 valence electrons. The van der Waals surface area contributed by atoms with Crippen LogP contribution in [0.4, 0.5) is 0 Å². The molecule has 0 aliphatic heterocycles. The van der Waals surface area contributed by atoms with Gasteiger partial charge in [0, 0.05) is 0 Å². The van der Waals surface area contributed by atoms with Gasteiger partial charge in [-0.25, -0.2) is 0 Å². The molecule has 3 N–H and O–H groups in total. The Morgan fingerprint density at radius 3 is 0.562 bits per heavy atom. The molecule has 0 heterocycles. The maximum Gasteiger partial charge on any atom is 6.00 e. The number of hydrogen-bond donors (Lipinski definition) is 3. The Kier molecular flexibility index (Phi) is 16.1. The molecule has 0 fully saturated rings. The molecule has 12 nitrogen and oxygen atoms in total. The van der Waals surface area contributed by atoms with Crippen molar-refractivity contribution in [2.24, 2.45) is 0 Å². The number of phosphoric acid groups is 3. The maximum atomic E-state index is 8.66. The van der Waals surface area contributed by atoms with Crippen molar-refractivity contribution in [3.63, 3.8) is 0 Å². The summed E-state index contributed by atoms with van der Waals surface area (Å²) in [5.74, 6) is 0. The van der Waals surface area contributed by atoms with Crippen LogP contribution in [0.15, 0.2) is 0 Å². The molecular weight excluding hydrogens is 381 g/mol. The van der Waals surface area contributed by atoms with E-state index in [9.17, 15) is 0 Å². The minimum Gasteiger partial charge on any atom is -0.790 e. The van der Waals surface area contributed by atoms with Crippen LogP contribution in [0.25, 0.3) is 0 Å². The van der Waals surface area contributed by atoms with Crippen molar-refractivity contribution >= 4 is 23.5 Å². The normalized spacial score (nSPS) is 11.1. The van der Waals surface area contributed by atoms with Crippen molar-refractivity contribution in [3.05, 3.63) is 0 Å². The van der Waals surface area contributed by atoms with Crippen molar-refractivity contribution in [1.82, 2.24) is 0 Å². The third-order valence-corrected chi connectivity index (χ3v) is 0. The summed E-state index contributed by atoms with van der Waals surface area (Å²) < 4.78 is 26.0. The first-order valence-corrected chi connectivity index (χ1v) is 6.73. The maximum absolute atomic E-state index is 8.66. The van der Waals surface area contributed by atoms with Crippen LogP contribution in [0.2, 0.25) is 0 Å². The summed E-state index contributed by atoms with van der Waals surface area (Å²) in [7, 11) is -15.4. The van der Waals surface area contributed by atoms with E-state index in [0.29, 0.717) is 0 Å². The van der Waals surface area contributed by atoms with E-state index in [1.54, 1.807) is 0 Å². The SMILES string of the molecule is O=P([O-])([O-])O.O=P([O-])([O-])O.O=P([O-])([O-])O.[Mo+6]. The zero-order valence-corrected chi connectivity index (χ0v) is 11.5. The topological polar surface area (TPSA) is 250 Å². The molecule has 0 unspecified atom stereocenters. The summed E-state index contributed by atoms with van der Waals surface area (Å²) in [6.45, 7) is 0. The van der Waals surface area contributed by atoms with Crippen molar-refractivity contribution < 1.29 is 78.8 Å². The van der Waals surface area contributed by atoms with Crippen LogP contribution in [0.3, 0.4) is 0 Å². The van der Waals surface area contributed by atoms with Gasteiger partial charge in [-0.15, -0.1) is 0 Å². The van der Waals surface area contributed by atoms with Gasteiger partial charge in [0.15, 0.2) is 0 Å². The molecule has 0 spiro atoms. The van der Waals surface area contributed by atoms with Crippen LogP contribution in [0.1, 0.15) is 0 Å². The van der Waals surface area contributed by atoms with Crippen LogP contribution >= 0.6 is 23.5 Å². The average molecular weight is 384 g/mol. The van der Waals surface area contributed by atoms with Gasteiger partial charge in [0.25, 0.3) is 0 Å². The van der Waals surface area contributed by atoms with Crippen LogP contribution in [-0.2, 0) is 34.8 Å². The second kappa shape index (κ2) is 9.99. The minimum atomic E-state index is -5.14. The second-order valence-corrected chi connectivity index (χ2v) is 4.22. The fourth-order valence-electron chi connectivity index (χ4n) is 0. The molecule has 0 amide bonds. The molecule has 0 aromatic carbocycles. The fourth-order valence-corrected chi connectivity index (χ4v) is 0. The molecule has 0 atom stereocenters. The van der Waals surface area contributed by atoms with Crippen molar-refractivity contribution in [2.75, 3.05) is 0 Å². The standard InChI is InChI=1S/Mo.3H3O4P/c;3*1-5(2,3)4/h;3*(H3,1,2,3,4)/q+6;;;/p-6. The molecule has 0 bridgehead atoms. The molecule has 0 radical (unpaired) electrons. The molecule has 0 saturated heterocycles. The summed E-state index contributed by atoms with van der Waals surface area (Å²) >= 11 is 0. The van der Waals surface area contributed by atoms with Crippen LogP contribution in [0.5, 0.6) is 0 Å². The molecule has 0 saturated carbocycles. The Hall–Kier alpha value is 1.02. The van der Waals surface area contributed by atoms with Gasteiger partial charge in [-0.3, -0.25) is 0 Å². The summed E-state index contributed by atoms with van der Waals surface area (Å²) in [5.41, 5.74) is 0. The fraction of sp³-hybridized carbons (Fsp3) is 0. The molecule has 0 aliphatic rings. The minimum absolute atomic E-state index is 0. The van der Waals surface area contributed by atoms with Crippen molar-refractivity contribution in [3.8, 4) is 0 Å². The van der Waals surface area contributed by atoms with Gasteiger partial charge in [-0.1, -0.05) is 0 Å². The number of hydrogen-bond acceptors (Lipinski definition) is 9. The zero-order chi connectivity index (χ0) is 13.5. The molecular formula is H3MoO12P3. The largest absolute Gasteiger partial charge is 6.00 e. The molecule has 0 aromatic heterocycles. The van der Waals surface area contributed by atoms with Gasteiger partial charge in [0.2, 0.25) is 0 Å². The second-order valence-electron chi connectivity index (χ2n) is 1.41. The zero-order valence-electron chi connectivity index (χ0n) is 6.77. The van der Waals surface area contributed by atoms with Gasteiger partial charge < -0.3 is 57.7 Å². The quantitative estimate of drug-likeness (QED) is 0.260. The van der Waals surface area contributed by atoms with Crippen molar-refractivity contribution in [1.29, 1.82) is 0 Å².